The summed E-state index contributed by atoms with van der Waals surface area (Å²) in [4.78, 5) is 24.3. The van der Waals surface area contributed by atoms with Crippen molar-refractivity contribution >= 4 is 34.0 Å². The zero-order valence-electron chi connectivity index (χ0n) is 20.8. The van der Waals surface area contributed by atoms with Gasteiger partial charge in [-0.25, -0.2) is 23.1 Å². The van der Waals surface area contributed by atoms with Crippen LogP contribution in [0.1, 0.15) is 46.7 Å². The number of carbonyl (C=O) groups is 1. The van der Waals surface area contributed by atoms with E-state index in [1.54, 1.807) is 33.0 Å². The lowest BCUT2D eigenvalue weighted by atomic mass is 10.0. The van der Waals surface area contributed by atoms with Crippen LogP contribution in [0.5, 0.6) is 0 Å². The zero-order valence-corrected chi connectivity index (χ0v) is 20.8. The molecule has 37 heavy (non-hydrogen) atoms. The molecule has 0 aliphatic carbocycles. The highest BCUT2D eigenvalue weighted by atomic mass is 19.3. The highest BCUT2D eigenvalue weighted by Crippen LogP contribution is 2.35. The molecule has 1 amide bonds. The maximum Gasteiger partial charge on any atom is 0.266 e. The minimum absolute atomic E-state index is 0.00362. The smallest absolute Gasteiger partial charge is 0.266 e. The van der Waals surface area contributed by atoms with Gasteiger partial charge >= 0.3 is 0 Å². The van der Waals surface area contributed by atoms with E-state index in [0.29, 0.717) is 71.9 Å². The SMILES string of the molecule is CNc1cc2c(NC(C)c3cc(N)cc(C(F)F)c3F)nc(C)nc2cc1C(=O)N1CC2COCC2C1. The Morgan fingerprint density at radius 1 is 1.14 bits per heavy atom. The molecule has 2 aromatic carbocycles. The standard InChI is InChI=1S/C26H29F3N6O2/c1-12(17-4-16(30)5-20(23(17)27)24(28)29)32-25-18-6-21(31-3)19(7-22(18)33-13(2)34-25)26(36)35-8-14-10-37-11-15(14)9-35/h4-7,12,14-15,24,31H,8-11,30H2,1-3H3,(H,32,33,34). The number of anilines is 3. The molecule has 0 radical (unpaired) electrons. The molecule has 2 aliphatic heterocycles. The summed E-state index contributed by atoms with van der Waals surface area (Å²) in [6.07, 6.45) is -2.99. The molecule has 0 spiro atoms. The van der Waals surface area contributed by atoms with Crippen LogP contribution in [0.25, 0.3) is 10.9 Å². The van der Waals surface area contributed by atoms with Gasteiger partial charge in [-0.3, -0.25) is 4.79 Å². The first-order valence-corrected chi connectivity index (χ1v) is 12.2. The van der Waals surface area contributed by atoms with Gasteiger partial charge in [0.2, 0.25) is 0 Å². The maximum atomic E-state index is 14.9. The summed E-state index contributed by atoms with van der Waals surface area (Å²) in [6.45, 7) is 6.02. The summed E-state index contributed by atoms with van der Waals surface area (Å²) < 4.78 is 47.0. The molecular formula is C26H29F3N6O2. The number of aromatic nitrogens is 2. The van der Waals surface area contributed by atoms with Crippen LogP contribution < -0.4 is 16.4 Å². The van der Waals surface area contributed by atoms with Crippen molar-refractivity contribution in [1.29, 1.82) is 0 Å². The number of likely N-dealkylation sites (tertiary alicyclic amines) is 1. The lowest BCUT2D eigenvalue weighted by Crippen LogP contribution is -2.30. The summed E-state index contributed by atoms with van der Waals surface area (Å²) in [5, 5.41) is 6.82. The Bertz CT molecular complexity index is 1360. The third-order valence-corrected chi connectivity index (χ3v) is 7.18. The number of nitrogens with one attached hydrogen (secondary N) is 2. The number of alkyl halides is 2. The van der Waals surface area contributed by atoms with Gasteiger partial charge in [0, 0.05) is 54.3 Å². The normalized spacial score (nSPS) is 19.9. The largest absolute Gasteiger partial charge is 0.399 e. The van der Waals surface area contributed by atoms with Gasteiger partial charge in [-0.2, -0.15) is 0 Å². The van der Waals surface area contributed by atoms with Gasteiger partial charge in [-0.15, -0.1) is 0 Å². The Labute approximate surface area is 212 Å². The fraction of sp³-hybridized carbons (Fsp3) is 0.423. The van der Waals surface area contributed by atoms with E-state index in [1.165, 1.54) is 6.07 Å². The molecule has 3 atom stereocenters. The Kier molecular flexibility index (Phi) is 6.57. The van der Waals surface area contributed by atoms with Gasteiger partial charge in [0.25, 0.3) is 12.3 Å². The van der Waals surface area contributed by atoms with Crippen molar-refractivity contribution in [3.8, 4) is 0 Å². The number of rotatable bonds is 6. The van der Waals surface area contributed by atoms with Crippen LogP contribution >= 0.6 is 0 Å². The molecule has 1 aromatic heterocycles. The van der Waals surface area contributed by atoms with E-state index in [2.05, 4.69) is 20.6 Å². The quantitative estimate of drug-likeness (QED) is 0.415. The van der Waals surface area contributed by atoms with Gasteiger partial charge in [0.05, 0.1) is 35.9 Å². The Morgan fingerprint density at radius 3 is 2.46 bits per heavy atom. The van der Waals surface area contributed by atoms with Gasteiger partial charge in [-0.1, -0.05) is 0 Å². The van der Waals surface area contributed by atoms with E-state index in [-0.39, 0.29) is 17.2 Å². The fourth-order valence-corrected chi connectivity index (χ4v) is 5.26. The van der Waals surface area contributed by atoms with Crippen molar-refractivity contribution in [3.63, 3.8) is 0 Å². The van der Waals surface area contributed by atoms with Crippen LogP contribution in [0.3, 0.4) is 0 Å². The van der Waals surface area contributed by atoms with Crippen molar-refractivity contribution in [2.45, 2.75) is 26.3 Å². The molecule has 3 heterocycles. The monoisotopic (exact) mass is 514 g/mol. The molecule has 2 saturated heterocycles. The summed E-state index contributed by atoms with van der Waals surface area (Å²) in [7, 11) is 1.73. The number of benzene rings is 2. The number of halogens is 3. The minimum atomic E-state index is -2.99. The predicted octanol–water partition coefficient (Wildman–Crippen LogP) is 4.53. The highest BCUT2D eigenvalue weighted by Gasteiger charge is 2.39. The average Bonchev–Trinajstić information content (AvgIpc) is 3.46. The topological polar surface area (TPSA) is 105 Å². The summed E-state index contributed by atoms with van der Waals surface area (Å²) in [6, 6.07) is 5.05. The van der Waals surface area contributed by atoms with Crippen molar-refractivity contribution in [2.24, 2.45) is 11.8 Å². The van der Waals surface area contributed by atoms with Crippen molar-refractivity contribution in [1.82, 2.24) is 14.9 Å². The molecule has 0 bridgehead atoms. The number of ether oxygens (including phenoxy) is 1. The molecule has 4 N–H and O–H groups in total. The number of nitrogens with two attached hydrogens (primary N) is 1. The lowest BCUT2D eigenvalue weighted by Gasteiger charge is -2.21. The highest BCUT2D eigenvalue weighted by molar-refractivity contribution is 6.05. The Balaban J connectivity index is 1.50. The first-order valence-electron chi connectivity index (χ1n) is 12.2. The fourth-order valence-electron chi connectivity index (χ4n) is 5.26. The van der Waals surface area contributed by atoms with Crippen LogP contribution in [0.15, 0.2) is 24.3 Å². The Hall–Kier alpha value is -3.60. The second kappa shape index (κ2) is 9.70. The van der Waals surface area contributed by atoms with E-state index in [0.717, 1.165) is 6.07 Å². The van der Waals surface area contributed by atoms with Crippen LogP contribution in [0, 0.1) is 24.6 Å². The molecule has 3 unspecified atom stereocenters. The molecule has 196 valence electrons. The Morgan fingerprint density at radius 2 is 1.81 bits per heavy atom. The summed E-state index contributed by atoms with van der Waals surface area (Å²) >= 11 is 0. The van der Waals surface area contributed by atoms with E-state index in [4.69, 9.17) is 10.5 Å². The molecule has 3 aromatic rings. The molecule has 8 nitrogen and oxygen atoms in total. The molecule has 0 saturated carbocycles. The molecule has 2 aliphatic rings. The summed E-state index contributed by atoms with van der Waals surface area (Å²) in [5.41, 5.74) is 6.71. The van der Waals surface area contributed by atoms with Crippen LogP contribution in [0.4, 0.5) is 30.4 Å². The number of nitrogen functional groups attached to an aromatic ring is 1. The van der Waals surface area contributed by atoms with Crippen molar-refractivity contribution in [3.05, 3.63) is 52.6 Å². The second-order valence-electron chi connectivity index (χ2n) is 9.73. The number of amides is 1. The van der Waals surface area contributed by atoms with Crippen LogP contribution in [0.2, 0.25) is 0 Å². The van der Waals surface area contributed by atoms with E-state index >= 15 is 0 Å². The van der Waals surface area contributed by atoms with Crippen LogP contribution in [-0.2, 0) is 4.74 Å². The number of hydrogen-bond acceptors (Lipinski definition) is 7. The summed E-state index contributed by atoms with van der Waals surface area (Å²) in [5.74, 6) is 0.459. The first kappa shape index (κ1) is 25.1. The number of fused-ring (bicyclic) bond motifs is 2. The third kappa shape index (κ3) is 4.63. The molecule has 2 fully saturated rings. The van der Waals surface area contributed by atoms with Crippen LogP contribution in [-0.4, -0.2) is 54.1 Å². The molecule has 5 rings (SSSR count). The predicted molar refractivity (Wildman–Crippen MR) is 135 cm³/mol. The van der Waals surface area contributed by atoms with E-state index in [1.807, 2.05) is 4.90 Å². The van der Waals surface area contributed by atoms with Gasteiger partial charge in [0.15, 0.2) is 0 Å². The number of aryl methyl sites for hydroxylation is 1. The third-order valence-electron chi connectivity index (χ3n) is 7.18. The number of carbonyl (C=O) groups excluding carboxylic acids is 1. The van der Waals surface area contributed by atoms with Crippen molar-refractivity contribution < 1.29 is 22.7 Å². The number of nitrogens with zero attached hydrogens (tertiary/aromatic N) is 3. The first-order chi connectivity index (χ1) is 17.7. The minimum Gasteiger partial charge on any atom is -0.399 e. The second-order valence-corrected chi connectivity index (χ2v) is 9.73. The lowest BCUT2D eigenvalue weighted by molar-refractivity contribution is 0.0752. The molecular weight excluding hydrogens is 485 g/mol. The maximum absolute atomic E-state index is 14.9. The molecule has 11 heteroatoms. The van der Waals surface area contributed by atoms with Gasteiger partial charge in [0.1, 0.15) is 17.5 Å². The van der Waals surface area contributed by atoms with Gasteiger partial charge in [-0.05, 0) is 38.1 Å². The zero-order chi connectivity index (χ0) is 26.4. The van der Waals surface area contributed by atoms with Crippen molar-refractivity contribution in [2.75, 3.05) is 49.7 Å². The van der Waals surface area contributed by atoms with E-state index in [9.17, 15) is 18.0 Å². The van der Waals surface area contributed by atoms with E-state index < -0.39 is 23.8 Å². The average molecular weight is 515 g/mol. The van der Waals surface area contributed by atoms with Gasteiger partial charge < -0.3 is 26.0 Å². The number of hydrogen-bond donors (Lipinski definition) is 3.